The second-order valence-corrected chi connectivity index (χ2v) is 9.53. The molecule has 1 aliphatic heterocycles. The zero-order chi connectivity index (χ0) is 23.7. The molecule has 5 rings (SSSR count). The molecule has 0 bridgehead atoms. The van der Waals surface area contributed by atoms with Crippen LogP contribution in [0.4, 0.5) is 17.2 Å². The molecule has 3 heterocycles. The number of anilines is 3. The van der Waals surface area contributed by atoms with Crippen molar-refractivity contribution in [1.29, 1.82) is 0 Å². The maximum Gasteiger partial charge on any atom is 0.259 e. The van der Waals surface area contributed by atoms with Crippen molar-refractivity contribution in [2.45, 2.75) is 4.90 Å². The number of aromatic nitrogens is 2. The molecular formula is C24H23N5O4S. The zero-order valence-electron chi connectivity index (χ0n) is 18.2. The van der Waals surface area contributed by atoms with E-state index in [9.17, 15) is 13.2 Å². The Labute approximate surface area is 196 Å². The molecule has 2 aromatic heterocycles. The molecule has 4 N–H and O–H groups in total. The summed E-state index contributed by atoms with van der Waals surface area (Å²) in [5, 5.41) is 9.63. The lowest BCUT2D eigenvalue weighted by molar-refractivity contribution is 0.122. The largest absolute Gasteiger partial charge is 0.378 e. The van der Waals surface area contributed by atoms with Crippen LogP contribution in [0.15, 0.2) is 76.6 Å². The summed E-state index contributed by atoms with van der Waals surface area (Å²) in [6.07, 6.45) is 1.57. The molecular weight excluding hydrogens is 454 g/mol. The maximum absolute atomic E-state index is 12.6. The van der Waals surface area contributed by atoms with Crippen LogP contribution in [-0.2, 0) is 14.8 Å². The molecule has 0 spiro atoms. The van der Waals surface area contributed by atoms with Crippen molar-refractivity contribution in [1.82, 2.24) is 9.97 Å². The number of nitrogens with two attached hydrogens (primary N) is 1. The van der Waals surface area contributed by atoms with Crippen LogP contribution in [0.5, 0.6) is 0 Å². The SMILES string of the molecule is NS(=O)(=O)c1cccc(-c2cc3cc[nH]c(=O)c3c(Nc3ccc(N4CCOCC4)cc3)n2)c1. The molecule has 1 aliphatic rings. The molecule has 0 amide bonds. The van der Waals surface area contributed by atoms with Gasteiger partial charge in [-0.1, -0.05) is 12.1 Å². The summed E-state index contributed by atoms with van der Waals surface area (Å²) in [6.45, 7) is 3.10. The first-order chi connectivity index (χ1) is 16.4. The second kappa shape index (κ2) is 8.90. The highest BCUT2D eigenvalue weighted by Crippen LogP contribution is 2.29. The second-order valence-electron chi connectivity index (χ2n) is 7.97. The maximum atomic E-state index is 12.6. The van der Waals surface area contributed by atoms with E-state index in [1.54, 1.807) is 30.5 Å². The molecule has 174 valence electrons. The Balaban J connectivity index is 1.55. The van der Waals surface area contributed by atoms with Crippen LogP contribution in [0.2, 0.25) is 0 Å². The Morgan fingerprint density at radius 1 is 1.03 bits per heavy atom. The van der Waals surface area contributed by atoms with Gasteiger partial charge in [0.2, 0.25) is 10.0 Å². The summed E-state index contributed by atoms with van der Waals surface area (Å²) in [7, 11) is -3.86. The first-order valence-electron chi connectivity index (χ1n) is 10.7. The van der Waals surface area contributed by atoms with E-state index in [0.29, 0.717) is 41.1 Å². The van der Waals surface area contributed by atoms with E-state index in [1.807, 2.05) is 24.3 Å². The Morgan fingerprint density at radius 2 is 1.79 bits per heavy atom. The molecule has 1 fully saturated rings. The lowest BCUT2D eigenvalue weighted by atomic mass is 10.1. The van der Waals surface area contributed by atoms with E-state index in [2.05, 4.69) is 20.2 Å². The third kappa shape index (κ3) is 4.51. The number of fused-ring (bicyclic) bond motifs is 1. The Morgan fingerprint density at radius 3 is 2.53 bits per heavy atom. The van der Waals surface area contributed by atoms with Gasteiger partial charge in [0.15, 0.2) is 0 Å². The fourth-order valence-corrected chi connectivity index (χ4v) is 4.56. The van der Waals surface area contributed by atoms with Gasteiger partial charge in [-0.05, 0) is 53.9 Å². The van der Waals surface area contributed by atoms with Crippen molar-refractivity contribution in [3.63, 3.8) is 0 Å². The molecule has 10 heteroatoms. The number of rotatable bonds is 5. The fourth-order valence-electron chi connectivity index (χ4n) is 4.00. The standard InChI is InChI=1S/C24H23N5O4S/c25-34(31,32)20-3-1-2-16(14-20)21-15-17-8-9-26-24(30)22(17)23(28-21)27-18-4-6-19(7-5-18)29-10-12-33-13-11-29/h1-9,14-15H,10-13H2,(H,26,30)(H,27,28)(H2,25,31,32). The highest BCUT2D eigenvalue weighted by Gasteiger charge is 2.15. The third-order valence-corrected chi connectivity index (χ3v) is 6.63. The molecule has 0 aliphatic carbocycles. The van der Waals surface area contributed by atoms with Crippen LogP contribution in [0.25, 0.3) is 22.0 Å². The van der Waals surface area contributed by atoms with Gasteiger partial charge in [0.1, 0.15) is 5.82 Å². The van der Waals surface area contributed by atoms with E-state index >= 15 is 0 Å². The van der Waals surface area contributed by atoms with E-state index in [-0.39, 0.29) is 10.5 Å². The lowest BCUT2D eigenvalue weighted by Crippen LogP contribution is -2.36. The van der Waals surface area contributed by atoms with Crippen LogP contribution in [0.3, 0.4) is 0 Å². The van der Waals surface area contributed by atoms with Crippen molar-refractivity contribution >= 4 is 38.0 Å². The molecule has 9 nitrogen and oxygen atoms in total. The van der Waals surface area contributed by atoms with Crippen LogP contribution in [-0.4, -0.2) is 44.7 Å². The molecule has 0 atom stereocenters. The van der Waals surface area contributed by atoms with E-state index < -0.39 is 10.0 Å². The number of hydrogen-bond donors (Lipinski definition) is 3. The van der Waals surface area contributed by atoms with Crippen molar-refractivity contribution in [3.05, 3.63) is 77.2 Å². The van der Waals surface area contributed by atoms with Gasteiger partial charge in [0, 0.05) is 36.2 Å². The number of H-pyrrole nitrogens is 1. The predicted octanol–water partition coefficient (Wildman–Crippen LogP) is 2.82. The molecule has 0 radical (unpaired) electrons. The van der Waals surface area contributed by atoms with Crippen molar-refractivity contribution < 1.29 is 13.2 Å². The van der Waals surface area contributed by atoms with Gasteiger partial charge in [0.25, 0.3) is 5.56 Å². The fraction of sp³-hybridized carbons (Fsp3) is 0.167. The smallest absolute Gasteiger partial charge is 0.259 e. The third-order valence-electron chi connectivity index (χ3n) is 5.72. The molecule has 4 aromatic rings. The number of pyridine rings is 2. The normalized spacial score (nSPS) is 14.3. The van der Waals surface area contributed by atoms with Gasteiger partial charge < -0.3 is 19.9 Å². The quantitative estimate of drug-likeness (QED) is 0.403. The van der Waals surface area contributed by atoms with Gasteiger partial charge in [-0.25, -0.2) is 18.5 Å². The average molecular weight is 478 g/mol. The number of hydrogen-bond acceptors (Lipinski definition) is 7. The summed E-state index contributed by atoms with van der Waals surface area (Å²) in [6, 6.07) is 17.7. The first kappa shape index (κ1) is 22.1. The minimum absolute atomic E-state index is 0.00832. The van der Waals surface area contributed by atoms with Gasteiger partial charge in [-0.3, -0.25) is 4.79 Å². The van der Waals surface area contributed by atoms with Crippen LogP contribution in [0.1, 0.15) is 0 Å². The number of morpholine rings is 1. The van der Waals surface area contributed by atoms with Crippen molar-refractivity contribution in [3.8, 4) is 11.3 Å². The predicted molar refractivity (Wildman–Crippen MR) is 132 cm³/mol. The number of aromatic amines is 1. The van der Waals surface area contributed by atoms with E-state index in [0.717, 1.165) is 24.5 Å². The molecule has 34 heavy (non-hydrogen) atoms. The first-order valence-corrected chi connectivity index (χ1v) is 12.3. The minimum atomic E-state index is -3.86. The summed E-state index contributed by atoms with van der Waals surface area (Å²) >= 11 is 0. The number of primary sulfonamides is 1. The highest BCUT2D eigenvalue weighted by molar-refractivity contribution is 7.89. The average Bonchev–Trinajstić information content (AvgIpc) is 2.84. The van der Waals surface area contributed by atoms with Crippen molar-refractivity contribution in [2.75, 3.05) is 36.5 Å². The Kier molecular flexibility index (Phi) is 5.78. The van der Waals surface area contributed by atoms with Crippen LogP contribution < -0.4 is 20.9 Å². The number of nitrogens with zero attached hydrogens (tertiary/aromatic N) is 2. The zero-order valence-corrected chi connectivity index (χ0v) is 19.0. The minimum Gasteiger partial charge on any atom is -0.378 e. The molecule has 1 saturated heterocycles. The summed E-state index contributed by atoms with van der Waals surface area (Å²) in [5.74, 6) is 0.370. The van der Waals surface area contributed by atoms with Crippen LogP contribution >= 0.6 is 0 Å². The monoisotopic (exact) mass is 477 g/mol. The molecule has 0 saturated carbocycles. The Hall–Kier alpha value is -3.73. The van der Waals surface area contributed by atoms with Gasteiger partial charge in [-0.2, -0.15) is 0 Å². The highest BCUT2D eigenvalue weighted by atomic mass is 32.2. The topological polar surface area (TPSA) is 130 Å². The number of sulfonamides is 1. The van der Waals surface area contributed by atoms with Gasteiger partial charge in [-0.15, -0.1) is 0 Å². The molecule has 2 aromatic carbocycles. The molecule has 0 unspecified atom stereocenters. The van der Waals surface area contributed by atoms with Gasteiger partial charge >= 0.3 is 0 Å². The van der Waals surface area contributed by atoms with E-state index in [1.165, 1.54) is 12.1 Å². The lowest BCUT2D eigenvalue weighted by Gasteiger charge is -2.28. The summed E-state index contributed by atoms with van der Waals surface area (Å²) in [4.78, 5) is 22.2. The number of nitrogens with one attached hydrogen (secondary N) is 2. The number of ether oxygens (including phenoxy) is 1. The summed E-state index contributed by atoms with van der Waals surface area (Å²) in [5.41, 5.74) is 2.67. The van der Waals surface area contributed by atoms with Crippen molar-refractivity contribution in [2.24, 2.45) is 5.14 Å². The Bertz CT molecular complexity index is 1510. The van der Waals surface area contributed by atoms with Gasteiger partial charge in [0.05, 0.1) is 29.2 Å². The van der Waals surface area contributed by atoms with E-state index in [4.69, 9.17) is 9.88 Å². The summed E-state index contributed by atoms with van der Waals surface area (Å²) < 4.78 is 29.0. The van der Waals surface area contributed by atoms with Crippen LogP contribution in [0, 0.1) is 0 Å². The number of benzene rings is 2.